The van der Waals surface area contributed by atoms with Gasteiger partial charge in [0.05, 0.1) is 14.2 Å². The Labute approximate surface area is 338 Å². The normalized spacial score (nSPS) is 14.8. The molecule has 58 heavy (non-hydrogen) atoms. The maximum atomic E-state index is 9.75. The van der Waals surface area contributed by atoms with E-state index in [1.807, 2.05) is 0 Å². The highest BCUT2D eigenvalue weighted by Crippen LogP contribution is 2.37. The van der Waals surface area contributed by atoms with Crippen molar-refractivity contribution in [3.63, 3.8) is 0 Å². The van der Waals surface area contributed by atoms with Gasteiger partial charge in [0.15, 0.2) is 0 Å². The van der Waals surface area contributed by atoms with Crippen LogP contribution in [0.4, 0.5) is 28.6 Å². The molecule has 4 nitrogen and oxygen atoms in total. The van der Waals surface area contributed by atoms with Gasteiger partial charge in [0, 0.05) is 11.1 Å². The summed E-state index contributed by atoms with van der Waals surface area (Å²) in [6, 6.07) is 45.5. The summed E-state index contributed by atoms with van der Waals surface area (Å²) in [6.45, 7) is 1.95. The van der Waals surface area contributed by atoms with Crippen molar-refractivity contribution in [2.24, 2.45) is 0 Å². The Morgan fingerprint density at radius 1 is 0.483 bits per heavy atom. The van der Waals surface area contributed by atoms with Crippen LogP contribution in [-0.4, -0.2) is 45.5 Å². The number of ether oxygens (including phenoxy) is 2. The molecule has 0 amide bonds. The van der Waals surface area contributed by atoms with Gasteiger partial charge in [-0.25, -0.2) is 9.48 Å². The Morgan fingerprint density at radius 2 is 0.914 bits per heavy atom. The lowest BCUT2D eigenvalue weighted by atomic mass is 9.89. The van der Waals surface area contributed by atoms with Gasteiger partial charge >= 0.3 is 7.25 Å². The van der Waals surface area contributed by atoms with Gasteiger partial charge in [0.1, 0.15) is 36.0 Å². The number of anilines is 1. The number of hydrogen-bond acceptors (Lipinski definition) is 3. The van der Waals surface area contributed by atoms with Crippen molar-refractivity contribution >= 4 is 25.0 Å². The van der Waals surface area contributed by atoms with Crippen molar-refractivity contribution in [3.05, 3.63) is 166 Å². The summed E-state index contributed by atoms with van der Waals surface area (Å²) in [4.78, 5) is 2.52. The third kappa shape index (κ3) is 8.84. The highest BCUT2D eigenvalue weighted by molar-refractivity contribution is 6.50. The maximum Gasteiger partial charge on any atom is 0.673 e. The highest BCUT2D eigenvalue weighted by atomic mass is 19.5. The van der Waals surface area contributed by atoms with Crippen molar-refractivity contribution in [2.75, 3.05) is 32.2 Å². The van der Waals surface area contributed by atoms with E-state index < -0.39 is 7.25 Å². The number of halogens is 4. The topological polar surface area (TPSA) is 24.7 Å². The molecule has 6 aromatic rings. The van der Waals surface area contributed by atoms with E-state index in [9.17, 15) is 17.3 Å². The SMILES string of the molecule is COc1ccccc1-c1cc2ccc1CCc1ccc(c(N3C=[N+](c4cc5ccc4CCc4ccc(cc4-c4ccccc4OC)CC5)CC3)c1)CC2.F[B-](F)(F)F. The first-order valence-corrected chi connectivity index (χ1v) is 20.1. The maximum absolute atomic E-state index is 9.75. The molecular weight excluding hydrogens is 735 g/mol. The average Bonchev–Trinajstić information content (AvgIpc) is 3.72. The van der Waals surface area contributed by atoms with Gasteiger partial charge in [-0.2, -0.15) is 0 Å². The first-order chi connectivity index (χ1) is 28.1. The first kappa shape index (κ1) is 39.0. The van der Waals surface area contributed by atoms with Crippen molar-refractivity contribution in [1.29, 1.82) is 0 Å². The van der Waals surface area contributed by atoms with Gasteiger partial charge in [-0.15, -0.1) is 0 Å². The van der Waals surface area contributed by atoms with Crippen LogP contribution in [0.5, 0.6) is 11.5 Å². The Hall–Kier alpha value is -5.83. The first-order valence-electron chi connectivity index (χ1n) is 20.1. The van der Waals surface area contributed by atoms with Crippen LogP contribution in [0.3, 0.4) is 0 Å². The molecular formula is C49H47BF4N2O2. The van der Waals surface area contributed by atoms with E-state index in [4.69, 9.17) is 9.47 Å². The molecule has 6 aromatic carbocycles. The summed E-state index contributed by atoms with van der Waals surface area (Å²) in [5.74, 6) is 1.87. The van der Waals surface area contributed by atoms with Crippen LogP contribution in [-0.2, 0) is 51.4 Å². The zero-order valence-electron chi connectivity index (χ0n) is 33.0. The smallest absolute Gasteiger partial charge is 0.496 e. The molecule has 1 aliphatic heterocycles. The van der Waals surface area contributed by atoms with Gasteiger partial charge < -0.3 is 26.7 Å². The van der Waals surface area contributed by atoms with E-state index in [2.05, 4.69) is 137 Å². The third-order valence-electron chi connectivity index (χ3n) is 11.7. The van der Waals surface area contributed by atoms with Crippen molar-refractivity contribution in [2.45, 2.75) is 51.4 Å². The van der Waals surface area contributed by atoms with E-state index in [1.165, 1.54) is 78.1 Å². The Balaban J connectivity index is 0.000000887. The molecule has 0 radical (unpaired) electrons. The second-order valence-corrected chi connectivity index (χ2v) is 15.3. The Bertz CT molecular complexity index is 2470. The predicted molar refractivity (Wildman–Crippen MR) is 228 cm³/mol. The molecule has 9 heteroatoms. The van der Waals surface area contributed by atoms with E-state index in [0.717, 1.165) is 76.0 Å². The lowest BCUT2D eigenvalue weighted by Gasteiger charge is -2.19. The van der Waals surface area contributed by atoms with Crippen LogP contribution in [0.1, 0.15) is 44.5 Å². The summed E-state index contributed by atoms with van der Waals surface area (Å²) in [5, 5.41) is 0. The van der Waals surface area contributed by atoms with Crippen LogP contribution >= 0.6 is 0 Å². The molecule has 296 valence electrons. The molecule has 0 N–H and O–H groups in total. The van der Waals surface area contributed by atoms with E-state index >= 15 is 0 Å². The van der Waals surface area contributed by atoms with Crippen LogP contribution in [0, 0.1) is 0 Å². The predicted octanol–water partition coefficient (Wildman–Crippen LogP) is 11.3. The second-order valence-electron chi connectivity index (χ2n) is 15.3. The minimum Gasteiger partial charge on any atom is -0.496 e. The summed E-state index contributed by atoms with van der Waals surface area (Å²) in [7, 11) is -2.45. The molecule has 0 saturated carbocycles. The number of aryl methyl sites for hydroxylation is 8. The summed E-state index contributed by atoms with van der Waals surface area (Å²) in [5.41, 5.74) is 18.8. The monoisotopic (exact) mass is 782 g/mol. The number of nitrogens with zero attached hydrogens (tertiary/aromatic N) is 2. The standard InChI is InChI=1S/C49H47N2O2.BF4/c1-52-48-9-5-3-7-42(48)44-30-35-14-19-38(44)21-15-37-18-23-40(22-16-35)46(32-37)50-27-28-51(33-50)47-31-36-12-11-34-13-20-39(25-26-41(47)24-17-36)45(29-34)43-8-4-6-10-49(43)53-2;2-1(3,4)5/h3-10,13-14,17-20,23-24,29-33H,11-12,15-16,21-22,25-28H2,1-2H3;/q+1;-1. The van der Waals surface area contributed by atoms with E-state index in [-0.39, 0.29) is 0 Å². The molecule has 8 aliphatic carbocycles. The van der Waals surface area contributed by atoms with E-state index in [1.54, 1.807) is 14.2 Å². The average molecular weight is 783 g/mol. The fourth-order valence-corrected chi connectivity index (χ4v) is 8.70. The lowest BCUT2D eigenvalue weighted by molar-refractivity contribution is -0.424. The number of benzene rings is 6. The molecule has 0 saturated heterocycles. The molecule has 0 unspecified atom stereocenters. The number of hydrogen-bond donors (Lipinski definition) is 0. The quantitative estimate of drug-likeness (QED) is 0.0956. The molecule has 15 rings (SSSR count). The third-order valence-corrected chi connectivity index (χ3v) is 11.7. The summed E-state index contributed by atoms with van der Waals surface area (Å²) < 4.78 is 53.1. The van der Waals surface area contributed by atoms with Crippen LogP contribution in [0.25, 0.3) is 22.3 Å². The lowest BCUT2D eigenvalue weighted by Crippen LogP contribution is -2.20. The van der Waals surface area contributed by atoms with Gasteiger partial charge in [0.25, 0.3) is 0 Å². The van der Waals surface area contributed by atoms with E-state index in [0.29, 0.717) is 0 Å². The van der Waals surface area contributed by atoms with Crippen molar-refractivity contribution in [1.82, 2.24) is 0 Å². The van der Waals surface area contributed by atoms with Gasteiger partial charge in [-0.05, 0) is 131 Å². The second kappa shape index (κ2) is 17.0. The van der Waals surface area contributed by atoms with Crippen LogP contribution in [0.2, 0.25) is 0 Å². The van der Waals surface area contributed by atoms with Crippen LogP contribution < -0.4 is 14.4 Å². The molecule has 0 spiro atoms. The highest BCUT2D eigenvalue weighted by Gasteiger charge is 2.28. The van der Waals surface area contributed by atoms with Gasteiger partial charge in [-0.3, -0.25) is 0 Å². The fraction of sp³-hybridized carbons (Fsp3) is 0.245. The fourth-order valence-electron chi connectivity index (χ4n) is 8.70. The molecule has 9 aliphatic rings. The number of rotatable bonds is 6. The Kier molecular flexibility index (Phi) is 11.4. The molecule has 0 aromatic heterocycles. The van der Waals surface area contributed by atoms with Gasteiger partial charge in [0.2, 0.25) is 6.34 Å². The zero-order valence-corrected chi connectivity index (χ0v) is 33.0. The largest absolute Gasteiger partial charge is 0.673 e. The minimum absolute atomic E-state index is 0.935. The Morgan fingerprint density at radius 3 is 1.48 bits per heavy atom. The van der Waals surface area contributed by atoms with Crippen molar-refractivity contribution < 1.29 is 31.3 Å². The molecule has 1 heterocycles. The molecule has 8 bridgehead atoms. The summed E-state index contributed by atoms with van der Waals surface area (Å²) >= 11 is 0. The van der Waals surface area contributed by atoms with Crippen LogP contribution in [0.15, 0.2) is 121 Å². The van der Waals surface area contributed by atoms with Crippen molar-refractivity contribution in [3.8, 4) is 33.8 Å². The number of para-hydroxylation sites is 2. The minimum atomic E-state index is -6.00. The molecule has 0 fully saturated rings. The zero-order chi connectivity index (χ0) is 40.2. The molecule has 0 atom stereocenters. The summed E-state index contributed by atoms with van der Waals surface area (Å²) in [6.07, 6.45) is 10.4. The number of methoxy groups -OCH3 is 2. The van der Waals surface area contributed by atoms with Gasteiger partial charge in [-0.1, -0.05) is 97.1 Å².